The normalized spacial score (nSPS) is 13.7. The highest BCUT2D eigenvalue weighted by Crippen LogP contribution is 2.16. The zero-order valence-corrected chi connectivity index (χ0v) is 12.7. The van der Waals surface area contributed by atoms with Crippen molar-refractivity contribution in [2.45, 2.75) is 31.9 Å². The van der Waals surface area contributed by atoms with E-state index in [1.807, 2.05) is 12.1 Å². The van der Waals surface area contributed by atoms with Crippen LogP contribution >= 0.6 is 0 Å². The summed E-state index contributed by atoms with van der Waals surface area (Å²) >= 11 is 0. The van der Waals surface area contributed by atoms with Crippen LogP contribution in [0.3, 0.4) is 0 Å². The fraction of sp³-hybridized carbons (Fsp3) is 0.333. The van der Waals surface area contributed by atoms with Gasteiger partial charge in [0, 0.05) is 12.6 Å². The van der Waals surface area contributed by atoms with Crippen LogP contribution in [0.5, 0.6) is 11.5 Å². The van der Waals surface area contributed by atoms with Gasteiger partial charge in [-0.3, -0.25) is 0 Å². The minimum Gasteiger partial charge on any atom is -0.508 e. The third-order valence-electron chi connectivity index (χ3n) is 3.74. The maximum Gasteiger partial charge on any atom is 0.115 e. The van der Waals surface area contributed by atoms with E-state index in [4.69, 9.17) is 0 Å². The van der Waals surface area contributed by atoms with E-state index in [0.717, 1.165) is 18.4 Å². The lowest BCUT2D eigenvalue weighted by Gasteiger charge is -2.17. The summed E-state index contributed by atoms with van der Waals surface area (Å²) < 4.78 is 0. The second kappa shape index (κ2) is 7.82. The average molecular weight is 301 g/mol. The van der Waals surface area contributed by atoms with Gasteiger partial charge < -0.3 is 20.6 Å². The molecule has 4 N–H and O–H groups in total. The standard InChI is InChI=1S/C18H23NO3/c1-13(2-3-14-4-8-16(20)9-5-14)19-12-18(22)15-6-10-17(21)11-7-15/h4-11,13,18-22H,2-3,12H2,1H3/t13?,18-/m0/s1. The minimum absolute atomic E-state index is 0.200. The van der Waals surface area contributed by atoms with E-state index >= 15 is 0 Å². The van der Waals surface area contributed by atoms with Crippen LogP contribution in [0, 0.1) is 0 Å². The van der Waals surface area contributed by atoms with Gasteiger partial charge in [0.1, 0.15) is 11.5 Å². The van der Waals surface area contributed by atoms with Crippen molar-refractivity contribution in [3.8, 4) is 11.5 Å². The minimum atomic E-state index is -0.586. The quantitative estimate of drug-likeness (QED) is 0.634. The number of hydrogen-bond donors (Lipinski definition) is 4. The lowest BCUT2D eigenvalue weighted by Crippen LogP contribution is -2.30. The van der Waals surface area contributed by atoms with Gasteiger partial charge in [0.05, 0.1) is 6.10 Å². The third-order valence-corrected chi connectivity index (χ3v) is 3.74. The largest absolute Gasteiger partial charge is 0.508 e. The number of phenolic OH excluding ortho intramolecular Hbond substituents is 2. The van der Waals surface area contributed by atoms with Crippen molar-refractivity contribution in [1.29, 1.82) is 0 Å². The van der Waals surface area contributed by atoms with Gasteiger partial charge in [0.2, 0.25) is 0 Å². The van der Waals surface area contributed by atoms with Crippen molar-refractivity contribution in [2.24, 2.45) is 0 Å². The Morgan fingerprint density at radius 1 is 0.909 bits per heavy atom. The highest BCUT2D eigenvalue weighted by molar-refractivity contribution is 5.27. The summed E-state index contributed by atoms with van der Waals surface area (Å²) in [5.74, 6) is 0.484. The topological polar surface area (TPSA) is 72.7 Å². The van der Waals surface area contributed by atoms with E-state index in [0.29, 0.717) is 6.54 Å². The molecule has 2 atom stereocenters. The summed E-state index contributed by atoms with van der Waals surface area (Å²) in [7, 11) is 0. The SMILES string of the molecule is CC(CCc1ccc(O)cc1)NC[C@H](O)c1ccc(O)cc1. The van der Waals surface area contributed by atoms with E-state index in [1.54, 1.807) is 36.4 Å². The molecule has 0 aromatic heterocycles. The Bertz CT molecular complexity index is 566. The molecule has 0 radical (unpaired) electrons. The first-order valence-electron chi connectivity index (χ1n) is 7.53. The maximum atomic E-state index is 10.1. The fourth-order valence-electron chi connectivity index (χ4n) is 2.27. The predicted octanol–water partition coefficient (Wildman–Crippen LogP) is 2.74. The molecule has 1 unspecified atom stereocenters. The predicted molar refractivity (Wildman–Crippen MR) is 87.0 cm³/mol. The molecule has 4 nitrogen and oxygen atoms in total. The molecule has 0 bridgehead atoms. The van der Waals surface area contributed by atoms with E-state index in [-0.39, 0.29) is 17.5 Å². The van der Waals surface area contributed by atoms with Crippen molar-refractivity contribution >= 4 is 0 Å². The molecule has 2 aromatic rings. The Morgan fingerprint density at radius 2 is 1.45 bits per heavy atom. The second-order valence-electron chi connectivity index (χ2n) is 5.62. The first-order chi connectivity index (χ1) is 10.5. The van der Waals surface area contributed by atoms with Crippen LogP contribution in [0.4, 0.5) is 0 Å². The number of hydrogen-bond acceptors (Lipinski definition) is 4. The number of aliphatic hydroxyl groups is 1. The zero-order valence-electron chi connectivity index (χ0n) is 12.7. The molecule has 0 saturated heterocycles. The lowest BCUT2D eigenvalue weighted by molar-refractivity contribution is 0.170. The average Bonchev–Trinajstić information content (AvgIpc) is 2.52. The first-order valence-corrected chi connectivity index (χ1v) is 7.53. The number of aliphatic hydroxyl groups excluding tert-OH is 1. The zero-order chi connectivity index (χ0) is 15.9. The smallest absolute Gasteiger partial charge is 0.115 e. The Hall–Kier alpha value is -2.04. The Balaban J connectivity index is 1.73. The van der Waals surface area contributed by atoms with Gasteiger partial charge in [-0.2, -0.15) is 0 Å². The van der Waals surface area contributed by atoms with E-state index in [2.05, 4.69) is 12.2 Å². The van der Waals surface area contributed by atoms with E-state index in [1.165, 1.54) is 5.56 Å². The number of rotatable bonds is 7. The molecule has 22 heavy (non-hydrogen) atoms. The molecule has 0 heterocycles. The van der Waals surface area contributed by atoms with Crippen molar-refractivity contribution in [2.75, 3.05) is 6.54 Å². The van der Waals surface area contributed by atoms with Crippen LogP contribution in [0.2, 0.25) is 0 Å². The summed E-state index contributed by atoms with van der Waals surface area (Å²) in [5.41, 5.74) is 1.97. The Labute approximate surface area is 131 Å². The molecule has 4 heteroatoms. The number of aromatic hydroxyl groups is 2. The van der Waals surface area contributed by atoms with Gasteiger partial charge in [0.25, 0.3) is 0 Å². The summed E-state index contributed by atoms with van der Waals surface area (Å²) in [6.07, 6.45) is 1.29. The van der Waals surface area contributed by atoms with Crippen LogP contribution in [0.1, 0.15) is 30.6 Å². The third kappa shape index (κ3) is 5.06. The van der Waals surface area contributed by atoms with Gasteiger partial charge in [-0.1, -0.05) is 24.3 Å². The van der Waals surface area contributed by atoms with Crippen LogP contribution in [0.25, 0.3) is 0 Å². The molecule has 0 amide bonds. The molecule has 2 rings (SSSR count). The summed E-state index contributed by atoms with van der Waals surface area (Å²) in [6, 6.07) is 14.1. The Kier molecular flexibility index (Phi) is 5.81. The molecular weight excluding hydrogens is 278 g/mol. The van der Waals surface area contributed by atoms with Crippen molar-refractivity contribution in [1.82, 2.24) is 5.32 Å². The van der Waals surface area contributed by atoms with E-state index < -0.39 is 6.10 Å². The molecule has 0 fully saturated rings. The first kappa shape index (κ1) is 16.3. The molecule has 0 aliphatic heterocycles. The van der Waals surface area contributed by atoms with Crippen LogP contribution < -0.4 is 5.32 Å². The molecule has 0 spiro atoms. The van der Waals surface area contributed by atoms with Crippen LogP contribution in [-0.4, -0.2) is 27.9 Å². The molecule has 2 aromatic carbocycles. The van der Waals surface area contributed by atoms with Gasteiger partial charge in [-0.25, -0.2) is 0 Å². The molecular formula is C18H23NO3. The van der Waals surface area contributed by atoms with Crippen molar-refractivity contribution < 1.29 is 15.3 Å². The molecule has 118 valence electrons. The van der Waals surface area contributed by atoms with Crippen LogP contribution in [-0.2, 0) is 6.42 Å². The summed E-state index contributed by atoms with van der Waals surface area (Å²) in [4.78, 5) is 0. The highest BCUT2D eigenvalue weighted by atomic mass is 16.3. The van der Waals surface area contributed by atoms with Crippen molar-refractivity contribution in [3.05, 3.63) is 59.7 Å². The monoisotopic (exact) mass is 301 g/mol. The number of phenols is 2. The Morgan fingerprint density at radius 3 is 2.05 bits per heavy atom. The number of benzene rings is 2. The lowest BCUT2D eigenvalue weighted by atomic mass is 10.1. The summed E-state index contributed by atoms with van der Waals surface area (Å²) in [5, 5.41) is 31.9. The number of nitrogens with one attached hydrogen (secondary N) is 1. The molecule has 0 aliphatic rings. The van der Waals surface area contributed by atoms with Gasteiger partial charge >= 0.3 is 0 Å². The van der Waals surface area contributed by atoms with Crippen molar-refractivity contribution in [3.63, 3.8) is 0 Å². The van der Waals surface area contributed by atoms with Crippen LogP contribution in [0.15, 0.2) is 48.5 Å². The van der Waals surface area contributed by atoms with E-state index in [9.17, 15) is 15.3 Å². The molecule has 0 saturated carbocycles. The second-order valence-corrected chi connectivity index (χ2v) is 5.62. The van der Waals surface area contributed by atoms with Gasteiger partial charge in [-0.15, -0.1) is 0 Å². The summed E-state index contributed by atoms with van der Waals surface area (Å²) in [6.45, 7) is 2.56. The molecule has 0 aliphatic carbocycles. The van der Waals surface area contributed by atoms with Gasteiger partial charge in [-0.05, 0) is 55.2 Å². The maximum absolute atomic E-state index is 10.1. The number of aryl methyl sites for hydroxylation is 1. The highest BCUT2D eigenvalue weighted by Gasteiger charge is 2.09. The fourth-order valence-corrected chi connectivity index (χ4v) is 2.27. The van der Waals surface area contributed by atoms with Gasteiger partial charge in [0.15, 0.2) is 0 Å².